The summed E-state index contributed by atoms with van der Waals surface area (Å²) in [4.78, 5) is 41.3. The Balaban J connectivity index is 2.37. The Morgan fingerprint density at radius 1 is 1.25 bits per heavy atom. The number of imide groups is 1. The van der Waals surface area contributed by atoms with Gasteiger partial charge in [-0.1, -0.05) is 6.07 Å². The smallest absolute Gasteiger partial charge is 0.269 e. The third-order valence-electron chi connectivity index (χ3n) is 4.27. The van der Waals surface area contributed by atoms with Gasteiger partial charge in [0, 0.05) is 5.69 Å². The quantitative estimate of drug-likeness (QED) is 0.274. The van der Waals surface area contributed by atoms with Crippen molar-refractivity contribution < 1.29 is 9.59 Å². The minimum absolute atomic E-state index is 0.110. The lowest BCUT2D eigenvalue weighted by molar-refractivity contribution is -0.143. The first-order chi connectivity index (χ1) is 11.2. The number of benzene rings is 1. The molecule has 1 aromatic heterocycles. The van der Waals surface area contributed by atoms with E-state index < -0.39 is 35.1 Å². The number of rotatable bonds is 1. The number of nitrogens with zero attached hydrogens (tertiary/aromatic N) is 2. The molecule has 10 nitrogen and oxygen atoms in total. The summed E-state index contributed by atoms with van der Waals surface area (Å²) < 4.78 is 0.942. The van der Waals surface area contributed by atoms with Gasteiger partial charge in [0.25, 0.3) is 11.5 Å². The van der Waals surface area contributed by atoms with Gasteiger partial charge in [-0.05, 0) is 19.1 Å². The maximum Gasteiger partial charge on any atom is 0.269 e. The highest BCUT2D eigenvalue weighted by atomic mass is 16.2. The van der Waals surface area contributed by atoms with Crippen LogP contribution < -0.4 is 33.8 Å². The van der Waals surface area contributed by atoms with Crippen molar-refractivity contribution in [3.8, 4) is 0 Å². The zero-order valence-electron chi connectivity index (χ0n) is 12.8. The summed E-state index contributed by atoms with van der Waals surface area (Å²) in [7, 11) is 0. The number of aromatic nitrogens is 2. The molecule has 3 unspecified atom stereocenters. The number of anilines is 1. The van der Waals surface area contributed by atoms with Gasteiger partial charge in [-0.2, -0.15) is 0 Å². The molecular formula is C14H17N7O3. The summed E-state index contributed by atoms with van der Waals surface area (Å²) in [6, 6.07) is 2.22. The molecule has 2 aromatic rings. The molecule has 0 radical (unpaired) electrons. The molecule has 3 atom stereocenters. The van der Waals surface area contributed by atoms with Gasteiger partial charge in [-0.25, -0.2) is 4.98 Å². The van der Waals surface area contributed by atoms with Gasteiger partial charge < -0.3 is 17.2 Å². The summed E-state index contributed by atoms with van der Waals surface area (Å²) >= 11 is 0. The Hall–Kier alpha value is -2.82. The summed E-state index contributed by atoms with van der Waals surface area (Å²) in [6.45, 7) is 1.50. The van der Waals surface area contributed by atoms with Gasteiger partial charge in [0.05, 0.1) is 16.9 Å². The Bertz CT molecular complexity index is 938. The van der Waals surface area contributed by atoms with Crippen molar-refractivity contribution in [2.75, 3.05) is 5.73 Å². The number of carbonyl (C=O) groups excluding carboxylic acids is 2. The number of aryl methyl sites for hydroxylation is 1. The second-order valence-electron chi connectivity index (χ2n) is 5.74. The molecule has 9 N–H and O–H groups in total. The average Bonchev–Trinajstić information content (AvgIpc) is 2.51. The fourth-order valence-corrected chi connectivity index (χ4v) is 2.94. The van der Waals surface area contributed by atoms with Crippen molar-refractivity contribution in [2.24, 2.45) is 17.2 Å². The van der Waals surface area contributed by atoms with Crippen LogP contribution in [0.25, 0.3) is 10.9 Å². The lowest BCUT2D eigenvalue weighted by atomic mass is 9.89. The molecule has 0 bridgehead atoms. The van der Waals surface area contributed by atoms with E-state index >= 15 is 0 Å². The molecule has 10 heteroatoms. The van der Waals surface area contributed by atoms with Crippen LogP contribution in [0.15, 0.2) is 23.0 Å². The lowest BCUT2D eigenvalue weighted by Gasteiger charge is -2.41. The predicted octanol–water partition coefficient (Wildman–Crippen LogP) is -2.79. The first-order valence-electron chi connectivity index (χ1n) is 7.13. The van der Waals surface area contributed by atoms with E-state index in [9.17, 15) is 14.4 Å². The number of nitrogens with two attached hydrogens (primary N) is 4. The van der Waals surface area contributed by atoms with Crippen molar-refractivity contribution in [1.29, 1.82) is 0 Å². The number of nitrogens with one attached hydrogen (secondary N) is 1. The number of piperidine rings is 1. The maximum absolute atomic E-state index is 13.0. The molecule has 1 aliphatic rings. The van der Waals surface area contributed by atoms with Crippen LogP contribution in [0.5, 0.6) is 0 Å². The zero-order valence-corrected chi connectivity index (χ0v) is 12.8. The van der Waals surface area contributed by atoms with Crippen LogP contribution in [0.2, 0.25) is 0 Å². The minimum Gasteiger partial charge on any atom is -0.398 e. The molecule has 0 saturated carbocycles. The highest BCUT2D eigenvalue weighted by molar-refractivity contribution is 6.05. The average molecular weight is 331 g/mol. The van der Waals surface area contributed by atoms with E-state index in [4.69, 9.17) is 22.9 Å². The van der Waals surface area contributed by atoms with Gasteiger partial charge in [0.1, 0.15) is 11.9 Å². The summed E-state index contributed by atoms with van der Waals surface area (Å²) in [6.07, 6.45) is 0. The lowest BCUT2D eigenvalue weighted by Crippen LogP contribution is -2.78. The summed E-state index contributed by atoms with van der Waals surface area (Å²) in [5.41, 5.74) is 21.5. The molecule has 24 heavy (non-hydrogen) atoms. The Kier molecular flexibility index (Phi) is 3.41. The van der Waals surface area contributed by atoms with Crippen LogP contribution in [-0.2, 0) is 15.3 Å². The van der Waals surface area contributed by atoms with Crippen LogP contribution >= 0.6 is 0 Å². The second kappa shape index (κ2) is 5.09. The summed E-state index contributed by atoms with van der Waals surface area (Å²) in [5.74, 6) is -1.54. The molecule has 2 amide bonds. The standard InChI is InChI=1S/C14H17N7O3/c1-5-19-7-4-2-3-6(15)8(7)12(23)21(5)14(18)10(17)9(16)11(22)20-13(14)24/h2-4,9-10H,15-18H2,1H3,(H,20,22,24). The number of amides is 2. The third-order valence-corrected chi connectivity index (χ3v) is 4.27. The molecule has 1 fully saturated rings. The SMILES string of the molecule is Cc1nc2cccc(N)c2c(=O)n1C1(N)C(=O)NC(=O)C(N)C1N. The van der Waals surface area contributed by atoms with Gasteiger partial charge in [0.15, 0.2) is 5.66 Å². The molecule has 0 spiro atoms. The Morgan fingerprint density at radius 3 is 2.58 bits per heavy atom. The monoisotopic (exact) mass is 331 g/mol. The van der Waals surface area contributed by atoms with Gasteiger partial charge in [-0.3, -0.25) is 30.0 Å². The van der Waals surface area contributed by atoms with Crippen LogP contribution in [0.4, 0.5) is 5.69 Å². The molecule has 126 valence electrons. The largest absolute Gasteiger partial charge is 0.398 e. The Labute approximate surface area is 135 Å². The topological polar surface area (TPSA) is 185 Å². The molecule has 0 aliphatic carbocycles. The van der Waals surface area contributed by atoms with E-state index in [1.807, 2.05) is 5.32 Å². The van der Waals surface area contributed by atoms with Crippen molar-refractivity contribution in [3.05, 3.63) is 34.4 Å². The van der Waals surface area contributed by atoms with Crippen LogP contribution in [-0.4, -0.2) is 33.4 Å². The molecule has 1 aromatic carbocycles. The van der Waals surface area contributed by atoms with Crippen molar-refractivity contribution in [3.63, 3.8) is 0 Å². The normalized spacial score (nSPS) is 27.3. The van der Waals surface area contributed by atoms with Crippen molar-refractivity contribution >= 4 is 28.4 Å². The molecular weight excluding hydrogens is 314 g/mol. The van der Waals surface area contributed by atoms with Gasteiger partial charge >= 0.3 is 0 Å². The number of carbonyl (C=O) groups is 2. The van der Waals surface area contributed by atoms with E-state index in [1.165, 1.54) is 13.0 Å². The predicted molar refractivity (Wildman–Crippen MR) is 86.4 cm³/mol. The fourth-order valence-electron chi connectivity index (χ4n) is 2.94. The number of fused-ring (bicyclic) bond motifs is 1. The van der Waals surface area contributed by atoms with Crippen molar-refractivity contribution in [1.82, 2.24) is 14.9 Å². The van der Waals surface area contributed by atoms with Gasteiger partial charge in [0.2, 0.25) is 5.91 Å². The van der Waals surface area contributed by atoms with Crippen molar-refractivity contribution in [2.45, 2.75) is 24.7 Å². The molecule has 1 aliphatic heterocycles. The molecule has 2 heterocycles. The third kappa shape index (κ3) is 1.94. The number of nitrogen functional groups attached to an aromatic ring is 1. The zero-order chi connectivity index (χ0) is 17.8. The van der Waals surface area contributed by atoms with Crippen LogP contribution in [0, 0.1) is 6.92 Å². The van der Waals surface area contributed by atoms with Gasteiger partial charge in [-0.15, -0.1) is 0 Å². The fraction of sp³-hybridized carbons (Fsp3) is 0.286. The second-order valence-corrected chi connectivity index (χ2v) is 5.74. The number of hydrogen-bond donors (Lipinski definition) is 5. The van der Waals surface area contributed by atoms with E-state index in [1.54, 1.807) is 12.1 Å². The van der Waals surface area contributed by atoms with E-state index in [-0.39, 0.29) is 16.9 Å². The maximum atomic E-state index is 13.0. The highest BCUT2D eigenvalue weighted by Gasteiger charge is 2.53. The Morgan fingerprint density at radius 2 is 1.92 bits per heavy atom. The van der Waals surface area contributed by atoms with Crippen LogP contribution in [0.1, 0.15) is 5.82 Å². The number of hydrogen-bond acceptors (Lipinski definition) is 8. The van der Waals surface area contributed by atoms with E-state index in [0.717, 1.165) is 4.57 Å². The first-order valence-corrected chi connectivity index (χ1v) is 7.13. The molecule has 1 saturated heterocycles. The summed E-state index contributed by atoms with van der Waals surface area (Å²) in [5, 5.41) is 2.15. The van der Waals surface area contributed by atoms with E-state index in [0.29, 0.717) is 5.52 Å². The minimum atomic E-state index is -2.07. The first kappa shape index (κ1) is 16.1. The molecule has 3 rings (SSSR count). The van der Waals surface area contributed by atoms with Crippen LogP contribution in [0.3, 0.4) is 0 Å². The van der Waals surface area contributed by atoms with E-state index in [2.05, 4.69) is 4.98 Å². The highest BCUT2D eigenvalue weighted by Crippen LogP contribution is 2.22.